The Bertz CT molecular complexity index is 267. The van der Waals surface area contributed by atoms with Gasteiger partial charge in [0.05, 0.1) is 12.2 Å². The van der Waals surface area contributed by atoms with Crippen LogP contribution in [0.3, 0.4) is 0 Å². The molecular weight excluding hydrogens is 214 g/mol. The lowest BCUT2D eigenvalue weighted by molar-refractivity contribution is -0.124. The molecule has 2 aliphatic rings. The minimum Gasteiger partial charge on any atom is -0.375 e. The maximum absolute atomic E-state index is 11.3. The van der Waals surface area contributed by atoms with E-state index < -0.39 is 0 Å². The zero-order chi connectivity index (χ0) is 12.3. The Kier molecular flexibility index (Phi) is 4.43. The fourth-order valence-electron chi connectivity index (χ4n) is 3.39. The van der Waals surface area contributed by atoms with Gasteiger partial charge in [-0.3, -0.25) is 4.79 Å². The smallest absolute Gasteiger partial charge is 0.217 e. The fraction of sp³-hybridized carbons (Fsp3) is 0.929. The van der Waals surface area contributed by atoms with Crippen LogP contribution < -0.4 is 5.32 Å². The first kappa shape index (κ1) is 12.9. The number of unbranched alkanes of at least 4 members (excludes halogenated alkanes) is 1. The van der Waals surface area contributed by atoms with Gasteiger partial charge in [-0.15, -0.1) is 0 Å². The number of hydrogen-bond donors (Lipinski definition) is 1. The predicted molar refractivity (Wildman–Crippen MR) is 67.7 cm³/mol. The van der Waals surface area contributed by atoms with Gasteiger partial charge in [0.25, 0.3) is 0 Å². The van der Waals surface area contributed by atoms with E-state index in [0.717, 1.165) is 12.8 Å². The molecule has 3 nitrogen and oxygen atoms in total. The van der Waals surface area contributed by atoms with Crippen molar-refractivity contribution >= 4 is 5.91 Å². The minimum absolute atomic E-state index is 0.108. The fourth-order valence-corrected chi connectivity index (χ4v) is 3.39. The molecule has 1 saturated carbocycles. The van der Waals surface area contributed by atoms with Gasteiger partial charge in [0.15, 0.2) is 0 Å². The molecule has 0 aromatic heterocycles. The molecule has 1 saturated heterocycles. The van der Waals surface area contributed by atoms with Crippen LogP contribution in [0.15, 0.2) is 0 Å². The van der Waals surface area contributed by atoms with Gasteiger partial charge in [0.2, 0.25) is 5.91 Å². The van der Waals surface area contributed by atoms with Crippen molar-refractivity contribution in [3.8, 4) is 0 Å². The average Bonchev–Trinajstić information content (AvgIpc) is 2.73. The van der Waals surface area contributed by atoms with Gasteiger partial charge in [-0.25, -0.2) is 0 Å². The van der Waals surface area contributed by atoms with Gasteiger partial charge in [-0.2, -0.15) is 0 Å². The average molecular weight is 239 g/mol. The Morgan fingerprint density at radius 1 is 1.41 bits per heavy atom. The lowest BCUT2D eigenvalue weighted by atomic mass is 9.87. The van der Waals surface area contributed by atoms with Gasteiger partial charge < -0.3 is 10.1 Å². The summed E-state index contributed by atoms with van der Waals surface area (Å²) in [5, 5.41) is 3.14. The third kappa shape index (κ3) is 3.21. The molecule has 2 rings (SSSR count). The molecule has 3 heteroatoms. The largest absolute Gasteiger partial charge is 0.375 e. The molecule has 0 unspecified atom stereocenters. The maximum atomic E-state index is 11.3. The van der Waals surface area contributed by atoms with Gasteiger partial charge >= 0.3 is 0 Å². The second-order valence-electron chi connectivity index (χ2n) is 5.58. The Morgan fingerprint density at radius 2 is 2.24 bits per heavy atom. The minimum atomic E-state index is 0.108. The van der Waals surface area contributed by atoms with Crippen molar-refractivity contribution in [1.82, 2.24) is 5.32 Å². The summed E-state index contributed by atoms with van der Waals surface area (Å²) < 4.78 is 6.17. The first-order valence-corrected chi connectivity index (χ1v) is 7.13. The van der Waals surface area contributed by atoms with E-state index in [2.05, 4.69) is 12.2 Å². The first-order valence-electron chi connectivity index (χ1n) is 7.13. The monoisotopic (exact) mass is 239 g/mol. The van der Waals surface area contributed by atoms with E-state index in [1.54, 1.807) is 6.92 Å². The van der Waals surface area contributed by atoms with Crippen molar-refractivity contribution in [2.24, 2.45) is 5.92 Å². The number of carbonyl (C=O) groups excluding carboxylic acids is 1. The molecule has 0 radical (unpaired) electrons. The van der Waals surface area contributed by atoms with E-state index >= 15 is 0 Å². The van der Waals surface area contributed by atoms with Gasteiger partial charge in [0.1, 0.15) is 0 Å². The highest BCUT2D eigenvalue weighted by Crippen LogP contribution is 2.38. The predicted octanol–water partition coefficient (Wildman–Crippen LogP) is 2.64. The first-order chi connectivity index (χ1) is 8.20. The van der Waals surface area contributed by atoms with Crippen LogP contribution in [0.25, 0.3) is 0 Å². The number of amides is 1. The molecule has 1 aliphatic carbocycles. The van der Waals surface area contributed by atoms with Crippen LogP contribution in [0.4, 0.5) is 0 Å². The van der Waals surface area contributed by atoms with Crippen LogP contribution in [0.1, 0.15) is 58.8 Å². The van der Waals surface area contributed by atoms with Crippen molar-refractivity contribution in [1.29, 1.82) is 0 Å². The maximum Gasteiger partial charge on any atom is 0.217 e. The Balaban J connectivity index is 1.94. The zero-order valence-electron chi connectivity index (χ0n) is 11.1. The molecule has 2 fully saturated rings. The number of ether oxygens (including phenoxy) is 1. The number of hydrogen-bond acceptors (Lipinski definition) is 2. The van der Waals surface area contributed by atoms with E-state index in [0.29, 0.717) is 24.2 Å². The lowest BCUT2D eigenvalue weighted by Crippen LogP contribution is -2.49. The summed E-state index contributed by atoms with van der Waals surface area (Å²) in [7, 11) is 0. The number of nitrogens with one attached hydrogen (secondary N) is 1. The molecule has 0 aromatic carbocycles. The summed E-state index contributed by atoms with van der Waals surface area (Å²) in [6.45, 7) is 3.84. The molecule has 0 bridgehead atoms. The van der Waals surface area contributed by atoms with Crippen LogP contribution >= 0.6 is 0 Å². The highest BCUT2D eigenvalue weighted by molar-refractivity contribution is 5.73. The topological polar surface area (TPSA) is 38.3 Å². The summed E-state index contributed by atoms with van der Waals surface area (Å²) in [6.07, 6.45) is 9.05. The molecular formula is C14H25NO2. The molecule has 17 heavy (non-hydrogen) atoms. The standard InChI is InChI=1S/C14H25NO2/c1-3-4-6-11-9-13(15-10(2)16)12-7-5-8-14(12)17-11/h11-14H,3-9H2,1-2H3,(H,15,16)/t11-,12-,13+,14+/m0/s1. The highest BCUT2D eigenvalue weighted by Gasteiger charge is 2.41. The van der Waals surface area contributed by atoms with Crippen molar-refractivity contribution in [3.63, 3.8) is 0 Å². The molecule has 1 amide bonds. The summed E-state index contributed by atoms with van der Waals surface area (Å²) >= 11 is 0. The Labute approximate surface area is 104 Å². The Morgan fingerprint density at radius 3 is 2.94 bits per heavy atom. The van der Waals surface area contributed by atoms with E-state index in [1.165, 1.54) is 32.1 Å². The normalized spacial score (nSPS) is 36.6. The molecule has 0 spiro atoms. The number of carbonyl (C=O) groups is 1. The van der Waals surface area contributed by atoms with Crippen molar-refractivity contribution in [2.75, 3.05) is 0 Å². The van der Waals surface area contributed by atoms with Crippen LogP contribution in [0, 0.1) is 5.92 Å². The van der Waals surface area contributed by atoms with Gasteiger partial charge in [-0.1, -0.05) is 26.2 Å². The number of rotatable bonds is 4. The summed E-state index contributed by atoms with van der Waals surface area (Å²) in [6, 6.07) is 0.357. The van der Waals surface area contributed by atoms with Crippen LogP contribution in [-0.2, 0) is 9.53 Å². The number of fused-ring (bicyclic) bond motifs is 1. The van der Waals surface area contributed by atoms with Crippen LogP contribution in [0.2, 0.25) is 0 Å². The second-order valence-corrected chi connectivity index (χ2v) is 5.58. The zero-order valence-corrected chi connectivity index (χ0v) is 11.1. The van der Waals surface area contributed by atoms with E-state index in [1.807, 2.05) is 0 Å². The quantitative estimate of drug-likeness (QED) is 0.819. The molecule has 1 N–H and O–H groups in total. The molecule has 1 heterocycles. The summed E-state index contributed by atoms with van der Waals surface area (Å²) in [5.41, 5.74) is 0. The second kappa shape index (κ2) is 5.85. The highest BCUT2D eigenvalue weighted by atomic mass is 16.5. The van der Waals surface area contributed by atoms with Crippen molar-refractivity contribution in [2.45, 2.75) is 77.0 Å². The summed E-state index contributed by atoms with van der Waals surface area (Å²) in [5.74, 6) is 0.675. The third-order valence-electron chi connectivity index (χ3n) is 4.17. The van der Waals surface area contributed by atoms with E-state index in [9.17, 15) is 4.79 Å². The van der Waals surface area contributed by atoms with Crippen molar-refractivity contribution < 1.29 is 9.53 Å². The van der Waals surface area contributed by atoms with E-state index in [-0.39, 0.29) is 5.91 Å². The van der Waals surface area contributed by atoms with Gasteiger partial charge in [-0.05, 0) is 25.7 Å². The SMILES string of the molecule is CCCC[C@H]1C[C@@H](NC(C)=O)[C@@H]2CCC[C@H]2O1. The van der Waals surface area contributed by atoms with Gasteiger partial charge in [0, 0.05) is 18.9 Å². The summed E-state index contributed by atoms with van der Waals surface area (Å²) in [4.78, 5) is 11.3. The lowest BCUT2D eigenvalue weighted by Gasteiger charge is -2.39. The van der Waals surface area contributed by atoms with E-state index in [4.69, 9.17) is 4.74 Å². The third-order valence-corrected chi connectivity index (χ3v) is 4.17. The Hall–Kier alpha value is -0.570. The molecule has 98 valence electrons. The molecule has 0 aromatic rings. The van der Waals surface area contributed by atoms with Crippen LogP contribution in [-0.4, -0.2) is 24.2 Å². The van der Waals surface area contributed by atoms with Crippen molar-refractivity contribution in [3.05, 3.63) is 0 Å². The van der Waals surface area contributed by atoms with Crippen LogP contribution in [0.5, 0.6) is 0 Å². The molecule has 1 aliphatic heterocycles. The molecule has 4 atom stereocenters.